The maximum Gasteiger partial charge on any atom is 0.277 e. The number of aromatic hydroxyl groups is 1. The summed E-state index contributed by atoms with van der Waals surface area (Å²) in [5, 5.41) is 24.4. The summed E-state index contributed by atoms with van der Waals surface area (Å²) < 4.78 is 10.9. The Kier molecular flexibility index (Phi) is 7.12. The summed E-state index contributed by atoms with van der Waals surface area (Å²) >= 11 is 3.02. The van der Waals surface area contributed by atoms with Gasteiger partial charge < -0.3 is 14.6 Å². The number of hydrazone groups is 1. The molecule has 0 heterocycles. The van der Waals surface area contributed by atoms with Gasteiger partial charge in [0.2, 0.25) is 0 Å². The number of ether oxygens (including phenoxy) is 2. The van der Waals surface area contributed by atoms with E-state index in [1.54, 1.807) is 24.3 Å². The molecule has 0 unspecified atom stereocenters. The molecule has 0 spiro atoms. The second kappa shape index (κ2) is 9.53. The highest BCUT2D eigenvalue weighted by atomic mass is 79.9. The molecule has 0 saturated carbocycles. The van der Waals surface area contributed by atoms with E-state index in [1.165, 1.54) is 0 Å². The number of nitro groups is 1. The molecule has 0 aliphatic rings. The van der Waals surface area contributed by atoms with Crippen molar-refractivity contribution in [2.45, 2.75) is 6.92 Å². The number of para-hydroxylation sites is 2. The number of phenolic OH excluding ortho intramolecular Hbond substituents is 1. The van der Waals surface area contributed by atoms with Crippen molar-refractivity contribution in [2.24, 2.45) is 5.10 Å². The van der Waals surface area contributed by atoms with Crippen LogP contribution in [0.5, 0.6) is 17.2 Å². The van der Waals surface area contributed by atoms with Crippen molar-refractivity contribution in [1.82, 2.24) is 5.43 Å². The maximum absolute atomic E-state index is 11.8. The molecule has 2 aromatic carbocycles. The Morgan fingerprint density at radius 3 is 2.63 bits per heavy atom. The second-order valence-electron chi connectivity index (χ2n) is 5.08. The van der Waals surface area contributed by atoms with E-state index in [2.05, 4.69) is 26.5 Å². The minimum Gasteiger partial charge on any atom is -0.506 e. The van der Waals surface area contributed by atoms with E-state index in [0.717, 1.165) is 18.3 Å². The summed E-state index contributed by atoms with van der Waals surface area (Å²) in [4.78, 5) is 22.1. The highest BCUT2D eigenvalue weighted by Gasteiger charge is 2.13. The van der Waals surface area contributed by atoms with Crippen LogP contribution in [0.1, 0.15) is 12.5 Å². The van der Waals surface area contributed by atoms with E-state index in [0.29, 0.717) is 18.1 Å². The Morgan fingerprint density at radius 2 is 2.00 bits per heavy atom. The van der Waals surface area contributed by atoms with Gasteiger partial charge in [-0.2, -0.15) is 5.10 Å². The molecule has 0 radical (unpaired) electrons. The number of nitro benzene ring substituents is 1. The Labute approximate surface area is 162 Å². The van der Waals surface area contributed by atoms with Gasteiger partial charge in [-0.05, 0) is 35.0 Å². The summed E-state index contributed by atoms with van der Waals surface area (Å²) in [6.07, 6.45) is 1.10. The molecule has 2 rings (SSSR count). The Morgan fingerprint density at radius 1 is 1.33 bits per heavy atom. The minimum absolute atomic E-state index is 0.0685. The minimum atomic E-state index is -0.607. The Hall–Kier alpha value is -3.14. The molecular formula is C17H16BrN3O6. The lowest BCUT2D eigenvalue weighted by Crippen LogP contribution is -2.24. The van der Waals surface area contributed by atoms with E-state index in [1.807, 2.05) is 6.92 Å². The van der Waals surface area contributed by atoms with Gasteiger partial charge in [-0.15, -0.1) is 0 Å². The van der Waals surface area contributed by atoms with E-state index < -0.39 is 10.8 Å². The van der Waals surface area contributed by atoms with Crippen molar-refractivity contribution in [1.29, 1.82) is 0 Å². The first-order valence-corrected chi connectivity index (χ1v) is 8.55. The number of benzene rings is 2. The molecule has 0 saturated heterocycles. The van der Waals surface area contributed by atoms with Crippen LogP contribution in [0.4, 0.5) is 5.69 Å². The molecule has 2 aromatic rings. The molecule has 27 heavy (non-hydrogen) atoms. The molecule has 2 N–H and O–H groups in total. The van der Waals surface area contributed by atoms with Crippen LogP contribution < -0.4 is 14.9 Å². The van der Waals surface area contributed by atoms with Gasteiger partial charge in [-0.1, -0.05) is 12.1 Å². The molecule has 10 heteroatoms. The number of nitrogens with one attached hydrogen (secondary N) is 1. The van der Waals surface area contributed by atoms with Crippen LogP contribution in [0.2, 0.25) is 0 Å². The first-order valence-electron chi connectivity index (χ1n) is 7.75. The molecule has 1 amide bonds. The number of carbonyl (C=O) groups is 1. The zero-order valence-corrected chi connectivity index (χ0v) is 15.8. The highest BCUT2D eigenvalue weighted by Crippen LogP contribution is 2.31. The van der Waals surface area contributed by atoms with Crippen LogP contribution in [0, 0.1) is 10.1 Å². The molecule has 0 aliphatic carbocycles. The van der Waals surface area contributed by atoms with Crippen LogP contribution in [-0.4, -0.2) is 35.4 Å². The number of non-ortho nitro benzene ring substituents is 1. The van der Waals surface area contributed by atoms with E-state index in [-0.39, 0.29) is 28.1 Å². The fourth-order valence-corrected chi connectivity index (χ4v) is 2.47. The van der Waals surface area contributed by atoms with Gasteiger partial charge in [-0.3, -0.25) is 14.9 Å². The standard InChI is InChI=1S/C17H16BrN3O6/c1-2-26-14-5-3-4-6-15(14)27-10-16(22)20-19-9-11-7-12(21(24)25)8-13(18)17(11)23/h3-9,23H,2,10H2,1H3,(H,20,22). The average molecular weight is 438 g/mol. The number of nitrogens with zero attached hydrogens (tertiary/aromatic N) is 2. The van der Waals surface area contributed by atoms with Gasteiger partial charge >= 0.3 is 0 Å². The van der Waals surface area contributed by atoms with Gasteiger partial charge in [0.25, 0.3) is 11.6 Å². The largest absolute Gasteiger partial charge is 0.506 e. The molecule has 0 atom stereocenters. The maximum atomic E-state index is 11.8. The summed E-state index contributed by atoms with van der Waals surface area (Å²) in [6.45, 7) is 1.98. The van der Waals surface area contributed by atoms with Crippen LogP contribution in [-0.2, 0) is 4.79 Å². The van der Waals surface area contributed by atoms with Crippen molar-refractivity contribution in [3.8, 4) is 17.2 Å². The van der Waals surface area contributed by atoms with Gasteiger partial charge in [0, 0.05) is 17.7 Å². The summed E-state index contributed by atoms with van der Waals surface area (Å²) in [6, 6.07) is 9.21. The lowest BCUT2D eigenvalue weighted by Gasteiger charge is -2.10. The van der Waals surface area contributed by atoms with Crippen molar-refractivity contribution >= 4 is 33.7 Å². The third-order valence-electron chi connectivity index (χ3n) is 3.19. The first-order chi connectivity index (χ1) is 12.9. The lowest BCUT2D eigenvalue weighted by molar-refractivity contribution is -0.385. The van der Waals surface area contributed by atoms with E-state index in [9.17, 15) is 20.0 Å². The monoisotopic (exact) mass is 437 g/mol. The normalized spacial score (nSPS) is 10.6. The quantitative estimate of drug-likeness (QED) is 0.371. The fraction of sp³-hybridized carbons (Fsp3) is 0.176. The molecular weight excluding hydrogens is 422 g/mol. The zero-order valence-electron chi connectivity index (χ0n) is 14.2. The first kappa shape index (κ1) is 20.2. The predicted octanol–water partition coefficient (Wildman–Crippen LogP) is 2.99. The number of phenols is 1. The van der Waals surface area contributed by atoms with Crippen molar-refractivity contribution in [3.63, 3.8) is 0 Å². The number of rotatable bonds is 8. The van der Waals surface area contributed by atoms with Crippen LogP contribution in [0.3, 0.4) is 0 Å². The molecule has 0 bridgehead atoms. The fourth-order valence-electron chi connectivity index (χ4n) is 2.00. The van der Waals surface area contributed by atoms with E-state index >= 15 is 0 Å². The zero-order chi connectivity index (χ0) is 19.8. The van der Waals surface area contributed by atoms with Crippen molar-refractivity contribution < 1.29 is 24.3 Å². The van der Waals surface area contributed by atoms with Crippen molar-refractivity contribution in [2.75, 3.05) is 13.2 Å². The van der Waals surface area contributed by atoms with E-state index in [4.69, 9.17) is 9.47 Å². The summed E-state index contributed by atoms with van der Waals surface area (Å²) in [5.74, 6) is 0.142. The Balaban J connectivity index is 1.97. The molecule has 0 fully saturated rings. The SMILES string of the molecule is CCOc1ccccc1OCC(=O)NN=Cc1cc([N+](=O)[O-])cc(Br)c1O. The van der Waals surface area contributed by atoms with Gasteiger partial charge in [-0.25, -0.2) is 5.43 Å². The smallest absolute Gasteiger partial charge is 0.277 e. The van der Waals surface area contributed by atoms with Crippen LogP contribution >= 0.6 is 15.9 Å². The topological polar surface area (TPSA) is 123 Å². The lowest BCUT2D eigenvalue weighted by atomic mass is 10.2. The molecule has 0 aromatic heterocycles. The average Bonchev–Trinajstić information content (AvgIpc) is 2.64. The molecule has 9 nitrogen and oxygen atoms in total. The number of halogens is 1. The van der Waals surface area contributed by atoms with Gasteiger partial charge in [0.15, 0.2) is 18.1 Å². The second-order valence-corrected chi connectivity index (χ2v) is 5.94. The highest BCUT2D eigenvalue weighted by molar-refractivity contribution is 9.10. The van der Waals surface area contributed by atoms with Gasteiger partial charge in [0.05, 0.1) is 22.2 Å². The number of carbonyl (C=O) groups excluding carboxylic acids is 1. The van der Waals surface area contributed by atoms with Crippen LogP contribution in [0.15, 0.2) is 46.0 Å². The molecule has 142 valence electrons. The predicted molar refractivity (Wildman–Crippen MR) is 101 cm³/mol. The van der Waals surface area contributed by atoms with Gasteiger partial charge in [0.1, 0.15) is 5.75 Å². The summed E-state index contributed by atoms with van der Waals surface area (Å²) in [5.41, 5.74) is 2.05. The van der Waals surface area contributed by atoms with Crippen molar-refractivity contribution in [3.05, 3.63) is 56.5 Å². The number of hydrogen-bond donors (Lipinski definition) is 2. The number of hydrogen-bond acceptors (Lipinski definition) is 7. The number of amides is 1. The third-order valence-corrected chi connectivity index (χ3v) is 3.79. The third kappa shape index (κ3) is 5.68. The van der Waals surface area contributed by atoms with Crippen LogP contribution in [0.25, 0.3) is 0 Å². The molecule has 0 aliphatic heterocycles. The Bertz CT molecular complexity index is 872. The summed E-state index contributed by atoms with van der Waals surface area (Å²) in [7, 11) is 0.